The normalized spacial score (nSPS) is 11.9. The highest BCUT2D eigenvalue weighted by atomic mass is 32.1. The monoisotopic (exact) mass is 744 g/mol. The molecule has 0 bridgehead atoms. The molecule has 57 heavy (non-hydrogen) atoms. The van der Waals surface area contributed by atoms with E-state index in [0.29, 0.717) is 5.82 Å². The van der Waals surface area contributed by atoms with Crippen molar-refractivity contribution in [3.63, 3.8) is 0 Å². The Kier molecular flexibility index (Phi) is 7.06. The standard InChI is InChI=1S/C52H32N4S/c1-3-17-33(18-4-1)42-32-43(54-52(53-42)34-19-5-2-6-20-34)41-31-40-39-25-11-16-30-48(39)57-51(40)50(56-46-28-14-9-23-37(46)38-24-10-15-29-47(38)56)49(41)55-44-26-12-7-21-35(44)36-22-8-13-27-45(36)55/h1-32H. The van der Waals surface area contributed by atoms with Crippen LogP contribution in [0.3, 0.4) is 0 Å². The van der Waals surface area contributed by atoms with Crippen LogP contribution in [0.4, 0.5) is 0 Å². The van der Waals surface area contributed by atoms with E-state index in [1.807, 2.05) is 17.4 Å². The van der Waals surface area contributed by atoms with Gasteiger partial charge in [0.1, 0.15) is 0 Å². The second-order valence-corrected chi connectivity index (χ2v) is 15.6. The zero-order valence-corrected chi connectivity index (χ0v) is 31.5. The van der Waals surface area contributed by atoms with Gasteiger partial charge in [0.05, 0.1) is 49.5 Å². The number of para-hydroxylation sites is 4. The summed E-state index contributed by atoms with van der Waals surface area (Å²) in [5, 5.41) is 7.30. The van der Waals surface area contributed by atoms with Crippen LogP contribution in [0, 0.1) is 0 Å². The van der Waals surface area contributed by atoms with E-state index in [9.17, 15) is 0 Å². The summed E-state index contributed by atoms with van der Waals surface area (Å²) in [4.78, 5) is 10.7. The molecule has 12 aromatic rings. The molecule has 12 rings (SSSR count). The van der Waals surface area contributed by atoms with Gasteiger partial charge in [-0.25, -0.2) is 9.97 Å². The lowest BCUT2D eigenvalue weighted by molar-refractivity contribution is 1.10. The zero-order valence-electron chi connectivity index (χ0n) is 30.7. The van der Waals surface area contributed by atoms with Gasteiger partial charge in [0.15, 0.2) is 5.82 Å². The smallest absolute Gasteiger partial charge is 0.160 e. The van der Waals surface area contributed by atoms with Crippen molar-refractivity contribution in [3.8, 4) is 45.3 Å². The predicted octanol–water partition coefficient (Wildman–Crippen LogP) is 14.0. The minimum Gasteiger partial charge on any atom is -0.306 e. The molecule has 0 amide bonds. The summed E-state index contributed by atoms with van der Waals surface area (Å²) in [7, 11) is 0. The average molecular weight is 745 g/mol. The Morgan fingerprint density at radius 3 is 1.35 bits per heavy atom. The van der Waals surface area contributed by atoms with Crippen LogP contribution in [-0.2, 0) is 0 Å². The average Bonchev–Trinajstić information content (AvgIpc) is 3.94. The summed E-state index contributed by atoms with van der Waals surface area (Å²) >= 11 is 1.86. The molecule has 0 aliphatic rings. The van der Waals surface area contributed by atoms with Crippen LogP contribution in [-0.4, -0.2) is 19.1 Å². The summed E-state index contributed by atoms with van der Waals surface area (Å²) in [5.74, 6) is 0.689. The van der Waals surface area contributed by atoms with Crippen LogP contribution in [0.5, 0.6) is 0 Å². The maximum absolute atomic E-state index is 5.52. The van der Waals surface area contributed by atoms with Gasteiger partial charge in [-0.15, -0.1) is 11.3 Å². The molecule has 4 nitrogen and oxygen atoms in total. The predicted molar refractivity (Wildman–Crippen MR) is 240 cm³/mol. The summed E-state index contributed by atoms with van der Waals surface area (Å²) in [6.07, 6.45) is 0. The Bertz CT molecular complexity index is 3360. The van der Waals surface area contributed by atoms with E-state index in [1.54, 1.807) is 0 Å². The number of hydrogen-bond acceptors (Lipinski definition) is 3. The minimum atomic E-state index is 0.689. The van der Waals surface area contributed by atoms with Gasteiger partial charge in [0.2, 0.25) is 0 Å². The van der Waals surface area contributed by atoms with Crippen LogP contribution in [0.15, 0.2) is 194 Å². The highest BCUT2D eigenvalue weighted by molar-refractivity contribution is 7.26. The molecule has 266 valence electrons. The van der Waals surface area contributed by atoms with Gasteiger partial charge in [-0.05, 0) is 42.5 Å². The third kappa shape index (κ3) is 4.86. The maximum atomic E-state index is 5.52. The van der Waals surface area contributed by atoms with Gasteiger partial charge in [-0.3, -0.25) is 0 Å². The first kappa shape index (κ1) is 32.0. The van der Waals surface area contributed by atoms with Crippen molar-refractivity contribution in [2.75, 3.05) is 0 Å². The Labute approximate surface area is 332 Å². The van der Waals surface area contributed by atoms with Crippen molar-refractivity contribution >= 4 is 75.1 Å². The van der Waals surface area contributed by atoms with Gasteiger partial charge < -0.3 is 9.13 Å². The van der Waals surface area contributed by atoms with Crippen molar-refractivity contribution in [2.45, 2.75) is 0 Å². The molecule has 0 saturated carbocycles. The summed E-state index contributed by atoms with van der Waals surface area (Å²) in [6.45, 7) is 0. The van der Waals surface area contributed by atoms with Crippen LogP contribution >= 0.6 is 11.3 Å². The number of thiophene rings is 1. The fourth-order valence-corrected chi connectivity index (χ4v) is 10.1. The van der Waals surface area contributed by atoms with Crippen molar-refractivity contribution < 1.29 is 0 Å². The topological polar surface area (TPSA) is 35.6 Å². The van der Waals surface area contributed by atoms with Crippen LogP contribution in [0.2, 0.25) is 0 Å². The molecule has 0 unspecified atom stereocenters. The lowest BCUT2D eigenvalue weighted by Crippen LogP contribution is -2.07. The number of hydrogen-bond donors (Lipinski definition) is 0. The fourth-order valence-electron chi connectivity index (χ4n) is 8.85. The lowest BCUT2D eigenvalue weighted by Gasteiger charge is -2.22. The summed E-state index contributed by atoms with van der Waals surface area (Å²) in [5.41, 5.74) is 11.6. The molecule has 0 aliphatic carbocycles. The number of rotatable bonds is 5. The number of benzene rings is 8. The van der Waals surface area contributed by atoms with E-state index in [-0.39, 0.29) is 0 Å². The lowest BCUT2D eigenvalue weighted by atomic mass is 10.00. The Morgan fingerprint density at radius 2 is 0.789 bits per heavy atom. The van der Waals surface area contributed by atoms with Crippen molar-refractivity contribution in [1.29, 1.82) is 0 Å². The Hall–Kier alpha value is -7.34. The van der Waals surface area contributed by atoms with E-state index in [0.717, 1.165) is 61.5 Å². The Morgan fingerprint density at radius 1 is 0.351 bits per heavy atom. The highest BCUT2D eigenvalue weighted by Gasteiger charge is 2.27. The molecule has 0 N–H and O–H groups in total. The molecule has 0 saturated heterocycles. The van der Waals surface area contributed by atoms with E-state index >= 15 is 0 Å². The van der Waals surface area contributed by atoms with Crippen LogP contribution in [0.1, 0.15) is 0 Å². The van der Waals surface area contributed by atoms with Crippen LogP contribution < -0.4 is 0 Å². The third-order valence-corrected chi connectivity index (χ3v) is 12.5. The molecule has 0 fully saturated rings. The van der Waals surface area contributed by atoms with Crippen molar-refractivity contribution in [2.24, 2.45) is 0 Å². The van der Waals surface area contributed by atoms with Gasteiger partial charge >= 0.3 is 0 Å². The first-order chi connectivity index (χ1) is 28.3. The quantitative estimate of drug-likeness (QED) is 0.176. The second-order valence-electron chi connectivity index (χ2n) is 14.5. The molecule has 0 atom stereocenters. The molecular weight excluding hydrogens is 713 g/mol. The molecule has 0 radical (unpaired) electrons. The maximum Gasteiger partial charge on any atom is 0.160 e. The van der Waals surface area contributed by atoms with E-state index in [2.05, 4.69) is 197 Å². The number of aromatic nitrogens is 4. The number of nitrogens with zero attached hydrogens (tertiary/aromatic N) is 4. The van der Waals surface area contributed by atoms with Crippen LogP contribution in [0.25, 0.3) is 109 Å². The minimum absolute atomic E-state index is 0.689. The van der Waals surface area contributed by atoms with E-state index < -0.39 is 0 Å². The molecule has 4 aromatic heterocycles. The fraction of sp³-hybridized carbons (Fsp3) is 0. The van der Waals surface area contributed by atoms with Crippen molar-refractivity contribution in [1.82, 2.24) is 19.1 Å². The number of fused-ring (bicyclic) bond motifs is 9. The largest absolute Gasteiger partial charge is 0.306 e. The van der Waals surface area contributed by atoms with Gasteiger partial charge in [-0.2, -0.15) is 0 Å². The third-order valence-electron chi connectivity index (χ3n) is 11.3. The SMILES string of the molecule is c1ccc(-c2cc(-c3cc4c(sc5ccccc54)c(-n4c5ccccc5c5ccccc54)c3-n3c4ccccc4c4ccccc43)nc(-c3ccccc3)n2)cc1. The molecule has 0 aliphatic heterocycles. The molecular formula is C52H32N4S. The first-order valence-corrected chi connectivity index (χ1v) is 20.1. The summed E-state index contributed by atoms with van der Waals surface area (Å²) in [6, 6.07) is 69.5. The first-order valence-electron chi connectivity index (χ1n) is 19.3. The van der Waals surface area contributed by atoms with Gasteiger partial charge in [0.25, 0.3) is 0 Å². The molecule has 4 heterocycles. The second kappa shape index (κ2) is 12.6. The zero-order chi connectivity index (χ0) is 37.5. The van der Waals surface area contributed by atoms with E-state index in [1.165, 1.54) is 41.7 Å². The highest BCUT2D eigenvalue weighted by Crippen LogP contribution is 2.49. The van der Waals surface area contributed by atoms with Gasteiger partial charge in [-0.1, -0.05) is 152 Å². The van der Waals surface area contributed by atoms with Gasteiger partial charge in [0, 0.05) is 53.7 Å². The van der Waals surface area contributed by atoms with E-state index in [4.69, 9.17) is 9.97 Å². The molecule has 8 aromatic carbocycles. The summed E-state index contributed by atoms with van der Waals surface area (Å²) < 4.78 is 7.48. The molecule has 5 heteroatoms. The van der Waals surface area contributed by atoms with Crippen molar-refractivity contribution in [3.05, 3.63) is 194 Å². The molecule has 0 spiro atoms. The Balaban J connectivity index is 1.34.